The van der Waals surface area contributed by atoms with Crippen LogP contribution in [0, 0.1) is 11.3 Å². The number of nitriles is 1. The van der Waals surface area contributed by atoms with Crippen molar-refractivity contribution in [1.29, 1.82) is 5.26 Å². The fraction of sp³-hybridized carbons (Fsp3) is 0.133. The Bertz CT molecular complexity index is 693. The summed E-state index contributed by atoms with van der Waals surface area (Å²) in [5, 5.41) is 12.4. The average Bonchev–Trinajstić information content (AvgIpc) is 2.53. The van der Waals surface area contributed by atoms with Gasteiger partial charge in [0, 0.05) is 6.20 Å². The summed E-state index contributed by atoms with van der Waals surface area (Å²) in [7, 11) is 1.32. The SMILES string of the molecule is COC(=O)c1ccc(CNc2ccc(C#N)cc2Cl)nc1. The molecule has 0 spiro atoms. The summed E-state index contributed by atoms with van der Waals surface area (Å²) in [5.74, 6) is -0.419. The molecule has 1 aromatic heterocycles. The van der Waals surface area contributed by atoms with Crippen LogP contribution < -0.4 is 5.32 Å². The molecular weight excluding hydrogens is 290 g/mol. The molecule has 0 saturated carbocycles. The van der Waals surface area contributed by atoms with Crippen molar-refractivity contribution in [2.75, 3.05) is 12.4 Å². The smallest absolute Gasteiger partial charge is 0.339 e. The number of carbonyl (C=O) groups excluding carboxylic acids is 1. The number of nitrogens with zero attached hydrogens (tertiary/aromatic N) is 2. The number of nitrogens with one attached hydrogen (secondary N) is 1. The zero-order valence-electron chi connectivity index (χ0n) is 11.3. The quantitative estimate of drug-likeness (QED) is 0.879. The van der Waals surface area contributed by atoms with Crippen LogP contribution in [0.1, 0.15) is 21.6 Å². The third-order valence-electron chi connectivity index (χ3n) is 2.80. The second-order valence-electron chi connectivity index (χ2n) is 4.19. The molecule has 2 aromatic rings. The molecule has 2 rings (SSSR count). The average molecular weight is 302 g/mol. The number of aromatic nitrogens is 1. The standard InChI is InChI=1S/C15H12ClN3O2/c1-21-15(20)11-3-4-12(18-8-11)9-19-14-5-2-10(7-17)6-13(14)16/h2-6,8,19H,9H2,1H3. The largest absolute Gasteiger partial charge is 0.465 e. The number of hydrogen-bond acceptors (Lipinski definition) is 5. The highest BCUT2D eigenvalue weighted by molar-refractivity contribution is 6.33. The van der Waals surface area contributed by atoms with Gasteiger partial charge in [-0.25, -0.2) is 4.79 Å². The lowest BCUT2D eigenvalue weighted by molar-refractivity contribution is 0.0600. The number of esters is 1. The Hall–Kier alpha value is -2.58. The van der Waals surface area contributed by atoms with Gasteiger partial charge in [-0.2, -0.15) is 5.26 Å². The Balaban J connectivity index is 2.03. The first-order valence-corrected chi connectivity index (χ1v) is 6.48. The van der Waals surface area contributed by atoms with Gasteiger partial charge in [-0.15, -0.1) is 0 Å². The highest BCUT2D eigenvalue weighted by Gasteiger charge is 2.06. The second kappa shape index (κ2) is 6.73. The van der Waals surface area contributed by atoms with Gasteiger partial charge in [0.1, 0.15) is 0 Å². The predicted octanol–water partition coefficient (Wildman–Crippen LogP) is 3.01. The third-order valence-corrected chi connectivity index (χ3v) is 3.12. The number of anilines is 1. The second-order valence-corrected chi connectivity index (χ2v) is 4.60. The van der Waals surface area contributed by atoms with Crippen LogP contribution in [0.4, 0.5) is 5.69 Å². The topological polar surface area (TPSA) is 75.0 Å². The Morgan fingerprint density at radius 3 is 2.81 bits per heavy atom. The van der Waals surface area contributed by atoms with Gasteiger partial charge in [-0.1, -0.05) is 11.6 Å². The first-order chi connectivity index (χ1) is 10.1. The molecule has 0 aliphatic heterocycles. The van der Waals surface area contributed by atoms with E-state index in [0.29, 0.717) is 22.7 Å². The molecule has 1 N–H and O–H groups in total. The molecule has 0 radical (unpaired) electrons. The van der Waals surface area contributed by atoms with E-state index in [-0.39, 0.29) is 0 Å². The molecule has 0 aliphatic rings. The minimum absolute atomic E-state index is 0.401. The van der Waals surface area contributed by atoms with Crippen molar-refractivity contribution in [1.82, 2.24) is 4.98 Å². The summed E-state index contributed by atoms with van der Waals surface area (Å²) < 4.78 is 4.60. The van der Waals surface area contributed by atoms with E-state index in [4.69, 9.17) is 16.9 Å². The molecule has 0 fully saturated rings. The van der Waals surface area contributed by atoms with Crippen LogP contribution in [-0.4, -0.2) is 18.1 Å². The summed E-state index contributed by atoms with van der Waals surface area (Å²) >= 11 is 6.06. The van der Waals surface area contributed by atoms with Gasteiger partial charge in [0.15, 0.2) is 0 Å². The summed E-state index contributed by atoms with van der Waals surface area (Å²) in [5.41, 5.74) is 2.38. The van der Waals surface area contributed by atoms with Crippen LogP contribution in [0.25, 0.3) is 0 Å². The van der Waals surface area contributed by atoms with E-state index < -0.39 is 5.97 Å². The minimum atomic E-state index is -0.419. The van der Waals surface area contributed by atoms with Gasteiger partial charge in [-0.3, -0.25) is 4.98 Å². The van der Waals surface area contributed by atoms with Crippen molar-refractivity contribution in [3.05, 3.63) is 58.4 Å². The summed E-state index contributed by atoms with van der Waals surface area (Å²) in [6, 6.07) is 10.4. The molecule has 1 aromatic carbocycles. The first kappa shape index (κ1) is 14.8. The lowest BCUT2D eigenvalue weighted by atomic mass is 10.2. The van der Waals surface area contributed by atoms with E-state index in [0.717, 1.165) is 11.4 Å². The van der Waals surface area contributed by atoms with E-state index in [1.165, 1.54) is 13.3 Å². The van der Waals surface area contributed by atoms with Gasteiger partial charge < -0.3 is 10.1 Å². The predicted molar refractivity (Wildman–Crippen MR) is 79.1 cm³/mol. The maximum absolute atomic E-state index is 11.3. The zero-order chi connectivity index (χ0) is 15.2. The lowest BCUT2D eigenvalue weighted by Gasteiger charge is -2.08. The highest BCUT2D eigenvalue weighted by atomic mass is 35.5. The maximum Gasteiger partial charge on any atom is 0.339 e. The van der Waals surface area contributed by atoms with Gasteiger partial charge in [0.2, 0.25) is 0 Å². The van der Waals surface area contributed by atoms with E-state index in [1.807, 2.05) is 6.07 Å². The highest BCUT2D eigenvalue weighted by Crippen LogP contribution is 2.23. The molecule has 21 heavy (non-hydrogen) atoms. The number of rotatable bonds is 4. The first-order valence-electron chi connectivity index (χ1n) is 6.11. The van der Waals surface area contributed by atoms with Crippen LogP contribution in [0.2, 0.25) is 5.02 Å². The van der Waals surface area contributed by atoms with Gasteiger partial charge in [0.05, 0.1) is 47.3 Å². The number of methoxy groups -OCH3 is 1. The number of halogens is 1. The van der Waals surface area contributed by atoms with E-state index in [9.17, 15) is 4.79 Å². The molecule has 0 saturated heterocycles. The Labute approximate surface area is 127 Å². The van der Waals surface area contributed by atoms with Crippen molar-refractivity contribution < 1.29 is 9.53 Å². The van der Waals surface area contributed by atoms with Crippen LogP contribution >= 0.6 is 11.6 Å². The minimum Gasteiger partial charge on any atom is -0.465 e. The molecule has 0 unspecified atom stereocenters. The van der Waals surface area contributed by atoms with Gasteiger partial charge in [0.25, 0.3) is 0 Å². The molecule has 106 valence electrons. The molecule has 5 nitrogen and oxygen atoms in total. The summed E-state index contributed by atoms with van der Waals surface area (Å²) in [6.07, 6.45) is 1.46. The third kappa shape index (κ3) is 3.71. The number of carbonyl (C=O) groups is 1. The van der Waals surface area contributed by atoms with Crippen molar-refractivity contribution in [3.8, 4) is 6.07 Å². The Kier molecular flexibility index (Phi) is 4.75. The Morgan fingerprint density at radius 1 is 1.43 bits per heavy atom. The number of pyridine rings is 1. The zero-order valence-corrected chi connectivity index (χ0v) is 12.0. The number of benzene rings is 1. The van der Waals surface area contributed by atoms with Gasteiger partial charge >= 0.3 is 5.97 Å². The number of hydrogen-bond donors (Lipinski definition) is 1. The normalized spacial score (nSPS) is 9.76. The lowest BCUT2D eigenvalue weighted by Crippen LogP contribution is -2.05. The molecule has 0 aliphatic carbocycles. The molecule has 1 heterocycles. The van der Waals surface area contributed by atoms with Crippen molar-refractivity contribution in [3.63, 3.8) is 0 Å². The fourth-order valence-corrected chi connectivity index (χ4v) is 1.93. The summed E-state index contributed by atoms with van der Waals surface area (Å²) in [6.45, 7) is 0.451. The molecule has 0 amide bonds. The molecule has 6 heteroatoms. The Morgan fingerprint density at radius 2 is 2.24 bits per heavy atom. The number of ether oxygens (including phenoxy) is 1. The van der Waals surface area contributed by atoms with Gasteiger partial charge in [-0.05, 0) is 30.3 Å². The fourth-order valence-electron chi connectivity index (χ4n) is 1.68. The van der Waals surface area contributed by atoms with E-state index >= 15 is 0 Å². The van der Waals surface area contributed by atoms with E-state index in [2.05, 4.69) is 15.0 Å². The van der Waals surface area contributed by atoms with E-state index in [1.54, 1.807) is 30.3 Å². The van der Waals surface area contributed by atoms with Crippen molar-refractivity contribution in [2.45, 2.75) is 6.54 Å². The monoisotopic (exact) mass is 301 g/mol. The summed E-state index contributed by atoms with van der Waals surface area (Å²) in [4.78, 5) is 15.5. The maximum atomic E-state index is 11.3. The van der Waals surface area contributed by atoms with Crippen molar-refractivity contribution in [2.24, 2.45) is 0 Å². The van der Waals surface area contributed by atoms with Crippen LogP contribution in [0.5, 0.6) is 0 Å². The van der Waals surface area contributed by atoms with Crippen LogP contribution in [-0.2, 0) is 11.3 Å². The molecule has 0 atom stereocenters. The molecular formula is C15H12ClN3O2. The van der Waals surface area contributed by atoms with Crippen LogP contribution in [0.3, 0.4) is 0 Å². The van der Waals surface area contributed by atoms with Crippen LogP contribution in [0.15, 0.2) is 36.5 Å². The van der Waals surface area contributed by atoms with Crippen molar-refractivity contribution >= 4 is 23.3 Å². The molecule has 0 bridgehead atoms.